The minimum atomic E-state index is -1.13. The first-order valence-corrected chi connectivity index (χ1v) is 5.16. The van der Waals surface area contributed by atoms with Crippen molar-refractivity contribution in [3.05, 3.63) is 59.4 Å². The van der Waals surface area contributed by atoms with E-state index in [-0.39, 0.29) is 22.3 Å². The first kappa shape index (κ1) is 11.8. The van der Waals surface area contributed by atoms with E-state index in [0.29, 0.717) is 0 Å². The highest BCUT2D eigenvalue weighted by Crippen LogP contribution is 2.27. The summed E-state index contributed by atoms with van der Waals surface area (Å²) in [7, 11) is 0. The Morgan fingerprint density at radius 1 is 1.17 bits per heavy atom. The molecule has 0 aromatic heterocycles. The topological polar surface area (TPSA) is 61.1 Å². The van der Waals surface area contributed by atoms with Crippen LogP contribution in [0.1, 0.15) is 15.9 Å². The van der Waals surface area contributed by atoms with Crippen LogP contribution in [0, 0.1) is 17.1 Å². The van der Waals surface area contributed by atoms with Crippen LogP contribution < -0.4 is 0 Å². The molecule has 0 aliphatic rings. The lowest BCUT2D eigenvalue weighted by molar-refractivity contribution is 0.0697. The Morgan fingerprint density at radius 2 is 1.89 bits per heavy atom. The van der Waals surface area contributed by atoms with E-state index in [1.54, 1.807) is 12.1 Å². The third-order valence-electron chi connectivity index (χ3n) is 2.54. The molecule has 0 aliphatic heterocycles. The summed E-state index contributed by atoms with van der Waals surface area (Å²) in [4.78, 5) is 11.1. The average Bonchev–Trinajstić information content (AvgIpc) is 2.39. The van der Waals surface area contributed by atoms with Gasteiger partial charge in [0.1, 0.15) is 5.82 Å². The molecule has 4 heteroatoms. The highest BCUT2D eigenvalue weighted by Gasteiger charge is 2.14. The van der Waals surface area contributed by atoms with Gasteiger partial charge >= 0.3 is 5.97 Å². The zero-order valence-electron chi connectivity index (χ0n) is 9.22. The van der Waals surface area contributed by atoms with Crippen molar-refractivity contribution >= 4 is 5.97 Å². The van der Waals surface area contributed by atoms with Crippen LogP contribution in [-0.4, -0.2) is 11.1 Å². The molecule has 0 amide bonds. The van der Waals surface area contributed by atoms with E-state index in [1.807, 2.05) is 6.07 Å². The molecular formula is C14H8FNO2. The van der Waals surface area contributed by atoms with Crippen LogP contribution in [0.4, 0.5) is 4.39 Å². The molecule has 0 spiro atoms. The maximum atomic E-state index is 13.7. The summed E-state index contributed by atoms with van der Waals surface area (Å²) in [5.74, 6) is -1.69. The molecule has 0 bridgehead atoms. The maximum Gasteiger partial charge on any atom is 0.336 e. The van der Waals surface area contributed by atoms with Gasteiger partial charge in [-0.3, -0.25) is 0 Å². The molecule has 0 saturated heterocycles. The number of nitriles is 1. The first-order valence-electron chi connectivity index (χ1n) is 5.16. The number of benzene rings is 2. The molecular weight excluding hydrogens is 233 g/mol. The number of hydrogen-bond donors (Lipinski definition) is 1. The number of carbonyl (C=O) groups is 1. The van der Waals surface area contributed by atoms with Gasteiger partial charge in [0.2, 0.25) is 0 Å². The highest BCUT2D eigenvalue weighted by molar-refractivity contribution is 5.96. The van der Waals surface area contributed by atoms with Crippen molar-refractivity contribution in [3.63, 3.8) is 0 Å². The van der Waals surface area contributed by atoms with Crippen molar-refractivity contribution in [1.29, 1.82) is 5.26 Å². The number of rotatable bonds is 2. The lowest BCUT2D eigenvalue weighted by atomic mass is 9.98. The van der Waals surface area contributed by atoms with E-state index >= 15 is 0 Å². The second kappa shape index (κ2) is 4.68. The minimum Gasteiger partial charge on any atom is -0.478 e. The molecule has 18 heavy (non-hydrogen) atoms. The molecule has 0 radical (unpaired) electrons. The molecule has 0 heterocycles. The standard InChI is InChI=1S/C14H8FNO2/c15-13-6-5-9(8-16)7-12(13)10-3-1-2-4-11(10)14(17)18/h1-7H,(H,17,18). The zero-order valence-corrected chi connectivity index (χ0v) is 9.22. The molecule has 2 aromatic rings. The van der Waals surface area contributed by atoms with Gasteiger partial charge in [-0.25, -0.2) is 9.18 Å². The molecule has 2 aromatic carbocycles. The van der Waals surface area contributed by atoms with Crippen LogP contribution in [0.2, 0.25) is 0 Å². The van der Waals surface area contributed by atoms with Gasteiger partial charge in [0, 0.05) is 5.56 Å². The van der Waals surface area contributed by atoms with Gasteiger partial charge in [0.25, 0.3) is 0 Å². The fourth-order valence-electron chi connectivity index (χ4n) is 1.71. The van der Waals surface area contributed by atoms with E-state index < -0.39 is 11.8 Å². The summed E-state index contributed by atoms with van der Waals surface area (Å²) >= 11 is 0. The zero-order chi connectivity index (χ0) is 13.1. The summed E-state index contributed by atoms with van der Waals surface area (Å²) in [6, 6.07) is 11.9. The Bertz CT molecular complexity index is 659. The lowest BCUT2D eigenvalue weighted by Crippen LogP contribution is -2.00. The number of carboxylic acid groups (broad SMARTS) is 1. The summed E-state index contributed by atoms with van der Waals surface area (Å²) in [6.45, 7) is 0. The van der Waals surface area contributed by atoms with Crippen LogP contribution in [0.15, 0.2) is 42.5 Å². The van der Waals surface area contributed by atoms with Crippen molar-refractivity contribution in [1.82, 2.24) is 0 Å². The summed E-state index contributed by atoms with van der Waals surface area (Å²) in [5, 5.41) is 17.8. The normalized spacial score (nSPS) is 9.78. The van der Waals surface area contributed by atoms with Gasteiger partial charge in [0.15, 0.2) is 0 Å². The lowest BCUT2D eigenvalue weighted by Gasteiger charge is -2.07. The third kappa shape index (κ3) is 2.06. The molecule has 2 rings (SSSR count). The van der Waals surface area contributed by atoms with Crippen molar-refractivity contribution in [2.24, 2.45) is 0 Å². The van der Waals surface area contributed by atoms with E-state index in [9.17, 15) is 9.18 Å². The second-order valence-corrected chi connectivity index (χ2v) is 3.66. The Hall–Kier alpha value is -2.67. The fraction of sp³-hybridized carbons (Fsp3) is 0. The quantitative estimate of drug-likeness (QED) is 0.878. The van der Waals surface area contributed by atoms with Gasteiger partial charge in [-0.15, -0.1) is 0 Å². The Morgan fingerprint density at radius 3 is 2.56 bits per heavy atom. The van der Waals surface area contributed by atoms with Gasteiger partial charge in [0.05, 0.1) is 17.2 Å². The van der Waals surface area contributed by atoms with Crippen molar-refractivity contribution in [2.75, 3.05) is 0 Å². The van der Waals surface area contributed by atoms with Crippen LogP contribution in [0.25, 0.3) is 11.1 Å². The van der Waals surface area contributed by atoms with Gasteiger partial charge in [-0.1, -0.05) is 18.2 Å². The Labute approximate surface area is 103 Å². The number of aromatic carboxylic acids is 1. The molecule has 88 valence electrons. The molecule has 0 saturated carbocycles. The number of nitrogens with zero attached hydrogens (tertiary/aromatic N) is 1. The SMILES string of the molecule is N#Cc1ccc(F)c(-c2ccccc2C(=O)O)c1. The number of hydrogen-bond acceptors (Lipinski definition) is 2. The largest absolute Gasteiger partial charge is 0.478 e. The smallest absolute Gasteiger partial charge is 0.336 e. The van der Waals surface area contributed by atoms with E-state index in [0.717, 1.165) is 6.07 Å². The molecule has 3 nitrogen and oxygen atoms in total. The minimum absolute atomic E-state index is 0.00601. The van der Waals surface area contributed by atoms with E-state index in [2.05, 4.69) is 0 Å². The summed E-state index contributed by atoms with van der Waals surface area (Å²) < 4.78 is 13.7. The van der Waals surface area contributed by atoms with Gasteiger partial charge < -0.3 is 5.11 Å². The second-order valence-electron chi connectivity index (χ2n) is 3.66. The highest BCUT2D eigenvalue weighted by atomic mass is 19.1. The molecule has 0 atom stereocenters. The Kier molecular flexibility index (Phi) is 3.07. The molecule has 0 unspecified atom stereocenters. The van der Waals surface area contributed by atoms with Crippen LogP contribution in [0.5, 0.6) is 0 Å². The van der Waals surface area contributed by atoms with Crippen molar-refractivity contribution < 1.29 is 14.3 Å². The van der Waals surface area contributed by atoms with Crippen LogP contribution in [-0.2, 0) is 0 Å². The number of halogens is 1. The predicted octanol–water partition coefficient (Wildman–Crippen LogP) is 3.06. The van der Waals surface area contributed by atoms with Crippen molar-refractivity contribution in [2.45, 2.75) is 0 Å². The van der Waals surface area contributed by atoms with Crippen LogP contribution >= 0.6 is 0 Å². The van der Waals surface area contributed by atoms with Crippen molar-refractivity contribution in [3.8, 4) is 17.2 Å². The monoisotopic (exact) mass is 241 g/mol. The van der Waals surface area contributed by atoms with Crippen LogP contribution in [0.3, 0.4) is 0 Å². The van der Waals surface area contributed by atoms with E-state index in [1.165, 1.54) is 24.3 Å². The summed E-state index contributed by atoms with van der Waals surface area (Å²) in [5.41, 5.74) is 0.671. The first-order chi connectivity index (χ1) is 8.63. The fourth-order valence-corrected chi connectivity index (χ4v) is 1.71. The number of carboxylic acids is 1. The molecule has 0 aliphatic carbocycles. The van der Waals surface area contributed by atoms with E-state index in [4.69, 9.17) is 10.4 Å². The van der Waals surface area contributed by atoms with Gasteiger partial charge in [-0.05, 0) is 29.8 Å². The molecule has 1 N–H and O–H groups in total. The Balaban J connectivity index is 2.69. The van der Waals surface area contributed by atoms with Gasteiger partial charge in [-0.2, -0.15) is 5.26 Å². The maximum absolute atomic E-state index is 13.7. The molecule has 0 fully saturated rings. The third-order valence-corrected chi connectivity index (χ3v) is 2.54. The average molecular weight is 241 g/mol. The summed E-state index contributed by atoms with van der Waals surface area (Å²) in [6.07, 6.45) is 0. The predicted molar refractivity (Wildman–Crippen MR) is 63.5 cm³/mol.